The molecule has 2 heteroatoms. The summed E-state index contributed by atoms with van der Waals surface area (Å²) in [4.78, 5) is 0. The van der Waals surface area contributed by atoms with Gasteiger partial charge in [0.25, 0.3) is 0 Å². The molecule has 0 amide bonds. The predicted octanol–water partition coefficient (Wildman–Crippen LogP) is 2.75. The molecular weight excluding hydrogens is 198 g/mol. The maximum atomic E-state index is 9.20. The number of rotatable bonds is 2. The topological polar surface area (TPSA) is 46.2 Å². The van der Waals surface area contributed by atoms with Crippen LogP contribution < -0.4 is 5.73 Å². The summed E-state index contributed by atoms with van der Waals surface area (Å²) in [5.41, 5.74) is 9.44. The van der Waals surface area contributed by atoms with Crippen LogP contribution in [0.25, 0.3) is 0 Å². The first-order valence-corrected chi connectivity index (χ1v) is 5.28. The molecule has 0 aliphatic heterocycles. The highest BCUT2D eigenvalue weighted by molar-refractivity contribution is 5.35. The van der Waals surface area contributed by atoms with Crippen molar-refractivity contribution in [2.75, 3.05) is 0 Å². The third-order valence-electron chi connectivity index (χ3n) is 2.69. The van der Waals surface area contributed by atoms with Crippen molar-refractivity contribution in [1.82, 2.24) is 0 Å². The molecule has 16 heavy (non-hydrogen) atoms. The first kappa shape index (κ1) is 10.7. The van der Waals surface area contributed by atoms with E-state index in [-0.39, 0.29) is 11.8 Å². The number of aromatic hydroxyl groups is 1. The Morgan fingerprint density at radius 2 is 1.31 bits per heavy atom. The zero-order valence-electron chi connectivity index (χ0n) is 9.22. The Hall–Kier alpha value is -1.80. The normalized spacial score (nSPS) is 12.4. The van der Waals surface area contributed by atoms with E-state index in [4.69, 9.17) is 5.73 Å². The van der Waals surface area contributed by atoms with Gasteiger partial charge in [0.1, 0.15) is 5.75 Å². The van der Waals surface area contributed by atoms with Gasteiger partial charge in [-0.2, -0.15) is 0 Å². The monoisotopic (exact) mass is 213 g/mol. The molecule has 0 aliphatic rings. The molecule has 0 fully saturated rings. The first-order valence-electron chi connectivity index (χ1n) is 5.28. The van der Waals surface area contributed by atoms with Crippen molar-refractivity contribution in [3.8, 4) is 5.75 Å². The highest BCUT2D eigenvalue weighted by atomic mass is 16.3. The molecule has 1 atom stereocenters. The van der Waals surface area contributed by atoms with E-state index in [0.717, 1.165) is 11.1 Å². The lowest BCUT2D eigenvalue weighted by Gasteiger charge is -2.12. The molecule has 2 aromatic rings. The van der Waals surface area contributed by atoms with Gasteiger partial charge in [0.2, 0.25) is 0 Å². The minimum absolute atomic E-state index is 0.138. The Kier molecular flexibility index (Phi) is 2.93. The molecule has 0 spiro atoms. The van der Waals surface area contributed by atoms with Crippen LogP contribution >= 0.6 is 0 Å². The standard InChI is InChI=1S/C14H15NO/c1-10-2-4-11(5-3-10)14(15)12-6-8-13(16)9-7-12/h2-9,14,16H,15H2,1H3/t14-/m0/s1. The van der Waals surface area contributed by atoms with Gasteiger partial charge in [-0.3, -0.25) is 0 Å². The van der Waals surface area contributed by atoms with E-state index >= 15 is 0 Å². The van der Waals surface area contributed by atoms with Crippen LogP contribution in [0.5, 0.6) is 5.75 Å². The molecule has 2 aromatic carbocycles. The van der Waals surface area contributed by atoms with Crippen LogP contribution in [0.2, 0.25) is 0 Å². The van der Waals surface area contributed by atoms with E-state index < -0.39 is 0 Å². The van der Waals surface area contributed by atoms with Crippen LogP contribution in [0.1, 0.15) is 22.7 Å². The molecule has 0 saturated heterocycles. The Bertz CT molecular complexity index is 414. The number of hydrogen-bond acceptors (Lipinski definition) is 2. The summed E-state index contributed by atoms with van der Waals surface area (Å²) in [6.45, 7) is 2.05. The molecular formula is C14H15NO. The highest BCUT2D eigenvalue weighted by Crippen LogP contribution is 2.21. The Morgan fingerprint density at radius 3 is 1.81 bits per heavy atom. The molecule has 0 radical (unpaired) electrons. The average Bonchev–Trinajstić information content (AvgIpc) is 2.30. The van der Waals surface area contributed by atoms with Gasteiger partial charge >= 0.3 is 0 Å². The van der Waals surface area contributed by atoms with Crippen molar-refractivity contribution in [2.24, 2.45) is 5.73 Å². The lowest BCUT2D eigenvalue weighted by molar-refractivity contribution is 0.475. The predicted molar refractivity (Wildman–Crippen MR) is 65.3 cm³/mol. The molecule has 0 unspecified atom stereocenters. The van der Waals surface area contributed by atoms with Crippen molar-refractivity contribution < 1.29 is 5.11 Å². The maximum absolute atomic E-state index is 9.20. The molecule has 2 rings (SSSR count). The van der Waals surface area contributed by atoms with Crippen molar-refractivity contribution in [1.29, 1.82) is 0 Å². The fourth-order valence-electron chi connectivity index (χ4n) is 1.65. The van der Waals surface area contributed by atoms with E-state index in [0.29, 0.717) is 0 Å². The van der Waals surface area contributed by atoms with E-state index in [1.807, 2.05) is 24.3 Å². The summed E-state index contributed by atoms with van der Waals surface area (Å²) in [6, 6.07) is 15.0. The molecule has 0 heterocycles. The molecule has 0 bridgehead atoms. The number of benzene rings is 2. The molecule has 0 aliphatic carbocycles. The van der Waals surface area contributed by atoms with Gasteiger partial charge in [0, 0.05) is 0 Å². The summed E-state index contributed by atoms with van der Waals surface area (Å²) in [7, 11) is 0. The second-order valence-electron chi connectivity index (χ2n) is 3.98. The van der Waals surface area contributed by atoms with Crippen LogP contribution in [0.15, 0.2) is 48.5 Å². The van der Waals surface area contributed by atoms with Gasteiger partial charge in [-0.05, 0) is 30.2 Å². The summed E-state index contributed by atoms with van der Waals surface area (Å²) < 4.78 is 0. The maximum Gasteiger partial charge on any atom is 0.115 e. The lowest BCUT2D eigenvalue weighted by Crippen LogP contribution is -2.11. The van der Waals surface area contributed by atoms with Crippen LogP contribution in [-0.2, 0) is 0 Å². The van der Waals surface area contributed by atoms with Crippen molar-refractivity contribution in [2.45, 2.75) is 13.0 Å². The number of phenols is 1. The zero-order valence-corrected chi connectivity index (χ0v) is 9.22. The van der Waals surface area contributed by atoms with Gasteiger partial charge < -0.3 is 10.8 Å². The van der Waals surface area contributed by atoms with Crippen molar-refractivity contribution >= 4 is 0 Å². The molecule has 3 N–H and O–H groups in total. The smallest absolute Gasteiger partial charge is 0.115 e. The van der Waals surface area contributed by atoms with Gasteiger partial charge in [0.15, 0.2) is 0 Å². The van der Waals surface area contributed by atoms with Crippen LogP contribution in [0.4, 0.5) is 0 Å². The fraction of sp³-hybridized carbons (Fsp3) is 0.143. The van der Waals surface area contributed by atoms with E-state index in [1.54, 1.807) is 12.1 Å². The van der Waals surface area contributed by atoms with E-state index in [9.17, 15) is 5.11 Å². The van der Waals surface area contributed by atoms with Gasteiger partial charge in [-0.15, -0.1) is 0 Å². The number of hydrogen-bond donors (Lipinski definition) is 2. The van der Waals surface area contributed by atoms with Crippen molar-refractivity contribution in [3.63, 3.8) is 0 Å². The highest BCUT2D eigenvalue weighted by Gasteiger charge is 2.07. The first-order chi connectivity index (χ1) is 7.66. The SMILES string of the molecule is Cc1ccc([C@H](N)c2ccc(O)cc2)cc1. The van der Waals surface area contributed by atoms with Crippen LogP contribution in [0.3, 0.4) is 0 Å². The van der Waals surface area contributed by atoms with E-state index in [1.165, 1.54) is 5.56 Å². The Balaban J connectivity index is 2.28. The summed E-state index contributed by atoms with van der Waals surface area (Å²) in [6.07, 6.45) is 0. The molecule has 82 valence electrons. The number of phenolic OH excluding ortho intramolecular Hbond substituents is 1. The zero-order chi connectivity index (χ0) is 11.5. The second-order valence-corrected chi connectivity index (χ2v) is 3.98. The molecule has 0 aromatic heterocycles. The van der Waals surface area contributed by atoms with Gasteiger partial charge in [-0.25, -0.2) is 0 Å². The number of aryl methyl sites for hydroxylation is 1. The largest absolute Gasteiger partial charge is 0.508 e. The van der Waals surface area contributed by atoms with Gasteiger partial charge in [-0.1, -0.05) is 42.0 Å². The van der Waals surface area contributed by atoms with Gasteiger partial charge in [0.05, 0.1) is 6.04 Å². The summed E-state index contributed by atoms with van der Waals surface area (Å²) >= 11 is 0. The fourth-order valence-corrected chi connectivity index (χ4v) is 1.65. The summed E-state index contributed by atoms with van der Waals surface area (Å²) in [5.74, 6) is 0.264. The minimum Gasteiger partial charge on any atom is -0.508 e. The third kappa shape index (κ3) is 2.23. The lowest BCUT2D eigenvalue weighted by atomic mass is 9.99. The number of nitrogens with two attached hydrogens (primary N) is 1. The Morgan fingerprint density at radius 1 is 0.875 bits per heavy atom. The molecule has 2 nitrogen and oxygen atoms in total. The van der Waals surface area contributed by atoms with E-state index in [2.05, 4.69) is 19.1 Å². The third-order valence-corrected chi connectivity index (χ3v) is 2.69. The van der Waals surface area contributed by atoms with Crippen molar-refractivity contribution in [3.05, 3.63) is 65.2 Å². The average molecular weight is 213 g/mol. The quantitative estimate of drug-likeness (QED) is 0.805. The second kappa shape index (κ2) is 4.37. The minimum atomic E-state index is -0.138. The van der Waals surface area contributed by atoms with Crippen LogP contribution in [0, 0.1) is 6.92 Å². The summed E-state index contributed by atoms with van der Waals surface area (Å²) in [5, 5.41) is 9.20. The molecule has 0 saturated carbocycles. The Labute approximate surface area is 95.4 Å². The van der Waals surface area contributed by atoms with Crippen LogP contribution in [-0.4, -0.2) is 5.11 Å².